The van der Waals surface area contributed by atoms with Gasteiger partial charge in [-0.3, -0.25) is 9.89 Å². The van der Waals surface area contributed by atoms with Crippen LogP contribution in [-0.2, 0) is 4.74 Å². The van der Waals surface area contributed by atoms with Crippen LogP contribution in [0.2, 0.25) is 0 Å². The first-order chi connectivity index (χ1) is 9.70. The molecule has 0 unspecified atom stereocenters. The van der Waals surface area contributed by atoms with E-state index in [4.69, 9.17) is 4.74 Å². The van der Waals surface area contributed by atoms with Crippen LogP contribution in [0.5, 0.6) is 0 Å². The van der Waals surface area contributed by atoms with E-state index in [0.717, 1.165) is 29.6 Å². The molecule has 1 aromatic heterocycles. The Morgan fingerprint density at radius 3 is 3.00 bits per heavy atom. The van der Waals surface area contributed by atoms with Crippen molar-refractivity contribution in [3.05, 3.63) is 15.9 Å². The van der Waals surface area contributed by atoms with Crippen LogP contribution in [0.25, 0.3) is 0 Å². The molecule has 1 aromatic rings. The van der Waals surface area contributed by atoms with Crippen LogP contribution in [0.15, 0.2) is 4.47 Å². The Morgan fingerprint density at radius 2 is 2.30 bits per heavy atom. The number of rotatable bonds is 4. The van der Waals surface area contributed by atoms with Gasteiger partial charge < -0.3 is 9.64 Å². The van der Waals surface area contributed by atoms with Gasteiger partial charge in [-0.15, -0.1) is 0 Å². The molecule has 3 rings (SSSR count). The lowest BCUT2D eigenvalue weighted by atomic mass is 10.1. The second kappa shape index (κ2) is 5.85. The van der Waals surface area contributed by atoms with E-state index in [1.165, 1.54) is 12.8 Å². The predicted molar refractivity (Wildman–Crippen MR) is 78.8 cm³/mol. The molecule has 5 nitrogen and oxygen atoms in total. The van der Waals surface area contributed by atoms with Gasteiger partial charge >= 0.3 is 0 Å². The van der Waals surface area contributed by atoms with E-state index in [0.29, 0.717) is 24.8 Å². The zero-order valence-corrected chi connectivity index (χ0v) is 13.3. The van der Waals surface area contributed by atoms with E-state index >= 15 is 0 Å². The van der Waals surface area contributed by atoms with Crippen LogP contribution in [0, 0.1) is 0 Å². The molecule has 0 radical (unpaired) electrons. The van der Waals surface area contributed by atoms with Crippen molar-refractivity contribution in [1.29, 1.82) is 0 Å². The quantitative estimate of drug-likeness (QED) is 0.915. The number of carbonyl (C=O) groups is 1. The molecule has 2 fully saturated rings. The Kier molecular flexibility index (Phi) is 4.12. The fourth-order valence-corrected chi connectivity index (χ4v) is 3.44. The molecule has 2 aliphatic rings. The van der Waals surface area contributed by atoms with Gasteiger partial charge in [0.15, 0.2) is 5.69 Å². The number of amides is 1. The summed E-state index contributed by atoms with van der Waals surface area (Å²) in [7, 11) is 0. The van der Waals surface area contributed by atoms with Crippen LogP contribution in [0.4, 0.5) is 0 Å². The minimum atomic E-state index is 0.00410. The first-order valence-corrected chi connectivity index (χ1v) is 8.14. The standard InChI is InChI=1S/C14H20BrN3O2/c1-2-20-10-4-3-7-18(8-10)14(19)13-11(15)12(16-17-13)9-5-6-9/h9-10H,2-8H2,1H3,(H,16,17)/t10-/m0/s1. The van der Waals surface area contributed by atoms with Crippen molar-refractivity contribution in [2.45, 2.75) is 44.6 Å². The van der Waals surface area contributed by atoms with E-state index in [2.05, 4.69) is 26.1 Å². The molecule has 1 atom stereocenters. The number of aromatic amines is 1. The zero-order chi connectivity index (χ0) is 14.1. The van der Waals surface area contributed by atoms with Crippen LogP contribution < -0.4 is 0 Å². The molecule has 1 saturated heterocycles. The second-order valence-corrected chi connectivity index (χ2v) is 6.34. The van der Waals surface area contributed by atoms with Gasteiger partial charge in [-0.05, 0) is 48.5 Å². The van der Waals surface area contributed by atoms with Crippen molar-refractivity contribution in [2.24, 2.45) is 0 Å². The van der Waals surface area contributed by atoms with E-state index in [1.807, 2.05) is 11.8 Å². The van der Waals surface area contributed by atoms with Crippen LogP contribution in [-0.4, -0.2) is 46.8 Å². The topological polar surface area (TPSA) is 58.2 Å². The van der Waals surface area contributed by atoms with Gasteiger partial charge in [-0.25, -0.2) is 0 Å². The summed E-state index contributed by atoms with van der Waals surface area (Å²) in [6.07, 6.45) is 4.56. The Hall–Kier alpha value is -0.880. The zero-order valence-electron chi connectivity index (χ0n) is 11.7. The van der Waals surface area contributed by atoms with Crippen LogP contribution in [0.3, 0.4) is 0 Å². The molecule has 1 saturated carbocycles. The summed E-state index contributed by atoms with van der Waals surface area (Å²) < 4.78 is 6.50. The van der Waals surface area contributed by atoms with Crippen molar-refractivity contribution in [2.75, 3.05) is 19.7 Å². The highest BCUT2D eigenvalue weighted by atomic mass is 79.9. The number of piperidine rings is 1. The smallest absolute Gasteiger partial charge is 0.275 e. The molecule has 2 heterocycles. The van der Waals surface area contributed by atoms with E-state index in [1.54, 1.807) is 0 Å². The maximum Gasteiger partial charge on any atom is 0.275 e. The first kappa shape index (κ1) is 14.1. The summed E-state index contributed by atoms with van der Waals surface area (Å²) in [6, 6.07) is 0. The Balaban J connectivity index is 1.71. The number of halogens is 1. The Morgan fingerprint density at radius 1 is 1.50 bits per heavy atom. The third kappa shape index (κ3) is 2.76. The van der Waals surface area contributed by atoms with E-state index < -0.39 is 0 Å². The summed E-state index contributed by atoms with van der Waals surface area (Å²) in [5.74, 6) is 0.556. The fourth-order valence-electron chi connectivity index (χ4n) is 2.77. The van der Waals surface area contributed by atoms with Gasteiger partial charge in [-0.2, -0.15) is 5.10 Å². The highest BCUT2D eigenvalue weighted by Gasteiger charge is 2.33. The normalized spacial score (nSPS) is 23.1. The number of H-pyrrole nitrogens is 1. The van der Waals surface area contributed by atoms with Crippen molar-refractivity contribution in [3.63, 3.8) is 0 Å². The fraction of sp³-hybridized carbons (Fsp3) is 0.714. The van der Waals surface area contributed by atoms with Crippen LogP contribution >= 0.6 is 15.9 Å². The number of carbonyl (C=O) groups excluding carboxylic acids is 1. The summed E-state index contributed by atoms with van der Waals surface area (Å²) >= 11 is 3.53. The monoisotopic (exact) mass is 341 g/mol. The number of ether oxygens (including phenoxy) is 1. The number of hydrogen-bond donors (Lipinski definition) is 1. The van der Waals surface area contributed by atoms with E-state index in [-0.39, 0.29) is 12.0 Å². The third-order valence-electron chi connectivity index (χ3n) is 3.99. The molecule has 0 aromatic carbocycles. The summed E-state index contributed by atoms with van der Waals surface area (Å²) in [6.45, 7) is 4.16. The maximum atomic E-state index is 12.6. The summed E-state index contributed by atoms with van der Waals surface area (Å²) in [5, 5.41) is 7.24. The molecule has 1 amide bonds. The molecule has 20 heavy (non-hydrogen) atoms. The molecule has 110 valence electrons. The number of hydrogen-bond acceptors (Lipinski definition) is 3. The molecule has 0 spiro atoms. The Labute approximate surface area is 127 Å². The highest BCUT2D eigenvalue weighted by Crippen LogP contribution is 2.43. The highest BCUT2D eigenvalue weighted by molar-refractivity contribution is 9.10. The molecule has 1 aliphatic heterocycles. The van der Waals surface area contributed by atoms with Gasteiger partial charge in [0.2, 0.25) is 0 Å². The van der Waals surface area contributed by atoms with Crippen molar-refractivity contribution >= 4 is 21.8 Å². The molecule has 1 aliphatic carbocycles. The average molecular weight is 342 g/mol. The van der Waals surface area contributed by atoms with Crippen molar-refractivity contribution in [3.8, 4) is 0 Å². The average Bonchev–Trinajstić information content (AvgIpc) is 3.22. The van der Waals surface area contributed by atoms with Gasteiger partial charge in [0.25, 0.3) is 5.91 Å². The number of nitrogens with zero attached hydrogens (tertiary/aromatic N) is 2. The maximum absolute atomic E-state index is 12.6. The SMILES string of the molecule is CCO[C@H]1CCCN(C(=O)c2n[nH]c(C3CC3)c2Br)C1. The van der Waals surface area contributed by atoms with Gasteiger partial charge in [-0.1, -0.05) is 0 Å². The largest absolute Gasteiger partial charge is 0.377 e. The third-order valence-corrected chi connectivity index (χ3v) is 4.79. The van der Waals surface area contributed by atoms with Gasteiger partial charge in [0.05, 0.1) is 16.3 Å². The molecule has 6 heteroatoms. The second-order valence-electron chi connectivity index (χ2n) is 5.54. The number of likely N-dealkylation sites (tertiary alicyclic amines) is 1. The molecular formula is C14H20BrN3O2. The van der Waals surface area contributed by atoms with Crippen molar-refractivity contribution < 1.29 is 9.53 Å². The lowest BCUT2D eigenvalue weighted by Crippen LogP contribution is -2.43. The summed E-state index contributed by atoms with van der Waals surface area (Å²) in [5.41, 5.74) is 1.59. The molecular weight excluding hydrogens is 322 g/mol. The summed E-state index contributed by atoms with van der Waals surface area (Å²) in [4.78, 5) is 14.4. The van der Waals surface area contributed by atoms with Gasteiger partial charge in [0, 0.05) is 25.6 Å². The first-order valence-electron chi connectivity index (χ1n) is 7.35. The predicted octanol–water partition coefficient (Wildman–Crippen LogP) is 2.69. The van der Waals surface area contributed by atoms with Gasteiger partial charge in [0.1, 0.15) is 0 Å². The lowest BCUT2D eigenvalue weighted by Gasteiger charge is -2.32. The number of aromatic nitrogens is 2. The Bertz CT molecular complexity index is 497. The van der Waals surface area contributed by atoms with Crippen LogP contribution in [0.1, 0.15) is 54.7 Å². The van der Waals surface area contributed by atoms with E-state index in [9.17, 15) is 4.79 Å². The number of nitrogens with one attached hydrogen (secondary N) is 1. The van der Waals surface area contributed by atoms with Crippen molar-refractivity contribution in [1.82, 2.24) is 15.1 Å². The lowest BCUT2D eigenvalue weighted by molar-refractivity contribution is 0.00699. The molecule has 1 N–H and O–H groups in total. The minimum Gasteiger partial charge on any atom is -0.377 e. The minimum absolute atomic E-state index is 0.00410. The molecule has 0 bridgehead atoms.